The van der Waals surface area contributed by atoms with Crippen LogP contribution in [-0.2, 0) is 20.7 Å². The topological polar surface area (TPSA) is 101 Å². The first-order valence-corrected chi connectivity index (χ1v) is 11.7. The van der Waals surface area contributed by atoms with E-state index in [0.717, 1.165) is 5.56 Å². The standard InChI is InChI=1S/C26H34N4O5/c1-17-14-30(25(32)11-20-7-6-10-27-13-20)18(2)16-35-23-9-8-21(28-19(3)31)12-22(23)26(33)29(4)15-24(17)34-5/h6-10,12-13,17-18,24H,11,14-16H2,1-5H3,(H,28,31)/t17-,18-,24+/m0/s1. The van der Waals surface area contributed by atoms with E-state index >= 15 is 0 Å². The van der Waals surface area contributed by atoms with E-state index in [1.54, 1.807) is 49.7 Å². The molecule has 0 saturated carbocycles. The first kappa shape index (κ1) is 26.2. The van der Waals surface area contributed by atoms with Crippen molar-refractivity contribution in [2.24, 2.45) is 5.92 Å². The van der Waals surface area contributed by atoms with Gasteiger partial charge >= 0.3 is 0 Å². The highest BCUT2D eigenvalue weighted by Gasteiger charge is 2.30. The Morgan fingerprint density at radius 2 is 2.00 bits per heavy atom. The molecule has 1 N–H and O–H groups in total. The van der Waals surface area contributed by atoms with E-state index < -0.39 is 0 Å². The molecule has 3 rings (SSSR count). The van der Waals surface area contributed by atoms with Gasteiger partial charge in [0.2, 0.25) is 11.8 Å². The molecule has 1 aromatic heterocycles. The van der Waals surface area contributed by atoms with Crippen molar-refractivity contribution in [3.05, 3.63) is 53.9 Å². The molecule has 3 atom stereocenters. The van der Waals surface area contributed by atoms with Crippen molar-refractivity contribution in [3.63, 3.8) is 0 Å². The molecule has 0 unspecified atom stereocenters. The van der Waals surface area contributed by atoms with Crippen molar-refractivity contribution in [2.75, 3.05) is 39.2 Å². The van der Waals surface area contributed by atoms with Gasteiger partial charge < -0.3 is 24.6 Å². The van der Waals surface area contributed by atoms with Gasteiger partial charge in [-0.3, -0.25) is 19.4 Å². The van der Waals surface area contributed by atoms with E-state index in [0.29, 0.717) is 30.1 Å². The van der Waals surface area contributed by atoms with Crippen LogP contribution in [0.4, 0.5) is 5.69 Å². The molecule has 0 fully saturated rings. The lowest BCUT2D eigenvalue weighted by Gasteiger charge is -2.36. The number of methoxy groups -OCH3 is 1. The van der Waals surface area contributed by atoms with E-state index in [1.165, 1.54) is 6.92 Å². The summed E-state index contributed by atoms with van der Waals surface area (Å²) in [5, 5.41) is 2.71. The third kappa shape index (κ3) is 6.79. The number of nitrogens with zero attached hydrogens (tertiary/aromatic N) is 3. The monoisotopic (exact) mass is 482 g/mol. The minimum Gasteiger partial charge on any atom is -0.491 e. The fraction of sp³-hybridized carbons (Fsp3) is 0.462. The zero-order chi connectivity index (χ0) is 25.5. The number of benzene rings is 1. The molecule has 1 aliphatic rings. The van der Waals surface area contributed by atoms with Crippen LogP contribution in [0.5, 0.6) is 5.75 Å². The Balaban J connectivity index is 1.94. The lowest BCUT2D eigenvalue weighted by atomic mass is 10.0. The number of anilines is 1. The number of hydrogen-bond donors (Lipinski definition) is 1. The molecule has 0 spiro atoms. The van der Waals surface area contributed by atoms with Gasteiger partial charge in [0.15, 0.2) is 0 Å². The Labute approximate surface area is 206 Å². The van der Waals surface area contributed by atoms with Crippen LogP contribution in [0.2, 0.25) is 0 Å². The molecule has 188 valence electrons. The number of likely N-dealkylation sites (N-methyl/N-ethyl adjacent to an activating group) is 1. The predicted octanol–water partition coefficient (Wildman–Crippen LogP) is 2.62. The fourth-order valence-corrected chi connectivity index (χ4v) is 4.18. The van der Waals surface area contributed by atoms with Crippen molar-refractivity contribution < 1.29 is 23.9 Å². The van der Waals surface area contributed by atoms with Crippen LogP contribution in [-0.4, -0.2) is 78.5 Å². The minimum absolute atomic E-state index is 0.0291. The van der Waals surface area contributed by atoms with Crippen molar-refractivity contribution in [1.29, 1.82) is 0 Å². The first-order valence-electron chi connectivity index (χ1n) is 11.7. The molecule has 1 aromatic carbocycles. The second-order valence-electron chi connectivity index (χ2n) is 9.07. The number of fused-ring (bicyclic) bond motifs is 1. The molecule has 0 radical (unpaired) electrons. The lowest BCUT2D eigenvalue weighted by molar-refractivity contribution is -0.134. The number of pyridine rings is 1. The van der Waals surface area contributed by atoms with Gasteiger partial charge in [0, 0.05) is 58.2 Å². The van der Waals surface area contributed by atoms with Gasteiger partial charge in [0.25, 0.3) is 5.91 Å². The van der Waals surface area contributed by atoms with E-state index in [4.69, 9.17) is 9.47 Å². The number of carbonyl (C=O) groups excluding carboxylic acids is 3. The largest absolute Gasteiger partial charge is 0.491 e. The van der Waals surface area contributed by atoms with Gasteiger partial charge in [-0.05, 0) is 36.8 Å². The highest BCUT2D eigenvalue weighted by Crippen LogP contribution is 2.26. The number of amides is 3. The van der Waals surface area contributed by atoms with Crippen LogP contribution in [0.25, 0.3) is 0 Å². The van der Waals surface area contributed by atoms with E-state index in [-0.39, 0.29) is 48.8 Å². The fourth-order valence-electron chi connectivity index (χ4n) is 4.18. The molecule has 0 saturated heterocycles. The van der Waals surface area contributed by atoms with Crippen LogP contribution in [0.3, 0.4) is 0 Å². The zero-order valence-corrected chi connectivity index (χ0v) is 21.0. The van der Waals surface area contributed by atoms with Crippen LogP contribution >= 0.6 is 0 Å². The third-order valence-electron chi connectivity index (χ3n) is 6.16. The highest BCUT2D eigenvalue weighted by molar-refractivity contribution is 5.99. The van der Waals surface area contributed by atoms with E-state index in [1.807, 2.05) is 30.9 Å². The Hall–Kier alpha value is -3.46. The smallest absolute Gasteiger partial charge is 0.257 e. The Morgan fingerprint density at radius 1 is 1.23 bits per heavy atom. The molecule has 35 heavy (non-hydrogen) atoms. The number of nitrogens with one attached hydrogen (secondary N) is 1. The number of rotatable bonds is 4. The normalized spacial score (nSPS) is 21.3. The molecular weight excluding hydrogens is 448 g/mol. The molecule has 9 heteroatoms. The second kappa shape index (κ2) is 11.8. The maximum Gasteiger partial charge on any atom is 0.257 e. The predicted molar refractivity (Wildman–Crippen MR) is 132 cm³/mol. The van der Waals surface area contributed by atoms with Crippen molar-refractivity contribution in [3.8, 4) is 5.75 Å². The summed E-state index contributed by atoms with van der Waals surface area (Å²) in [6, 6.07) is 8.41. The van der Waals surface area contributed by atoms with Gasteiger partial charge in [-0.25, -0.2) is 0 Å². The maximum absolute atomic E-state index is 13.3. The molecule has 0 bridgehead atoms. The minimum atomic E-state index is -0.285. The van der Waals surface area contributed by atoms with Gasteiger partial charge in [-0.2, -0.15) is 0 Å². The average Bonchev–Trinajstić information content (AvgIpc) is 2.83. The van der Waals surface area contributed by atoms with E-state index in [9.17, 15) is 14.4 Å². The van der Waals surface area contributed by atoms with Gasteiger partial charge in [-0.1, -0.05) is 13.0 Å². The lowest BCUT2D eigenvalue weighted by Crippen LogP contribution is -2.49. The third-order valence-corrected chi connectivity index (χ3v) is 6.16. The van der Waals surface area contributed by atoms with Crippen LogP contribution < -0.4 is 10.1 Å². The van der Waals surface area contributed by atoms with Gasteiger partial charge in [0.05, 0.1) is 24.1 Å². The average molecular weight is 483 g/mol. The van der Waals surface area contributed by atoms with Gasteiger partial charge in [0.1, 0.15) is 12.4 Å². The molecule has 1 aliphatic heterocycles. The van der Waals surface area contributed by atoms with E-state index in [2.05, 4.69) is 10.3 Å². The quantitative estimate of drug-likeness (QED) is 0.719. The molecule has 2 aromatic rings. The second-order valence-corrected chi connectivity index (χ2v) is 9.07. The first-order chi connectivity index (χ1) is 16.7. The molecule has 9 nitrogen and oxygen atoms in total. The summed E-state index contributed by atoms with van der Waals surface area (Å²) in [7, 11) is 3.32. The Kier molecular flexibility index (Phi) is 8.81. The SMILES string of the molecule is CO[C@@H]1CN(C)C(=O)c2cc(NC(C)=O)ccc2OC[C@H](C)N(C(=O)Cc2cccnc2)C[C@@H]1C. The number of carbonyl (C=O) groups is 3. The number of hydrogen-bond acceptors (Lipinski definition) is 6. The molecule has 2 heterocycles. The highest BCUT2D eigenvalue weighted by atomic mass is 16.5. The summed E-state index contributed by atoms with van der Waals surface area (Å²) in [5.74, 6) is -0.146. The summed E-state index contributed by atoms with van der Waals surface area (Å²) < 4.78 is 11.8. The Bertz CT molecular complexity index is 1050. The van der Waals surface area contributed by atoms with Crippen LogP contribution in [0.1, 0.15) is 36.7 Å². The zero-order valence-electron chi connectivity index (χ0n) is 21.0. The summed E-state index contributed by atoms with van der Waals surface area (Å²) in [6.45, 7) is 6.34. The number of ether oxygens (including phenoxy) is 2. The summed E-state index contributed by atoms with van der Waals surface area (Å²) >= 11 is 0. The number of aromatic nitrogens is 1. The van der Waals surface area contributed by atoms with Crippen LogP contribution in [0.15, 0.2) is 42.7 Å². The van der Waals surface area contributed by atoms with Crippen molar-refractivity contribution in [2.45, 2.75) is 39.3 Å². The van der Waals surface area contributed by atoms with Crippen LogP contribution in [0, 0.1) is 5.92 Å². The summed E-state index contributed by atoms with van der Waals surface area (Å²) in [4.78, 5) is 45.7. The summed E-state index contributed by atoms with van der Waals surface area (Å²) in [5.41, 5.74) is 1.68. The van der Waals surface area contributed by atoms with Crippen molar-refractivity contribution in [1.82, 2.24) is 14.8 Å². The molecule has 0 aliphatic carbocycles. The summed E-state index contributed by atoms with van der Waals surface area (Å²) in [6.07, 6.45) is 3.32. The molecule has 3 amide bonds. The molecular formula is C26H34N4O5. The van der Waals surface area contributed by atoms with Crippen molar-refractivity contribution >= 4 is 23.4 Å². The Morgan fingerprint density at radius 3 is 2.66 bits per heavy atom. The van der Waals surface area contributed by atoms with Gasteiger partial charge in [-0.15, -0.1) is 0 Å². The maximum atomic E-state index is 13.3.